The predicted molar refractivity (Wildman–Crippen MR) is 124 cm³/mol. The van der Waals surface area contributed by atoms with E-state index in [1.807, 2.05) is 22.5 Å². The number of rotatable bonds is 4. The van der Waals surface area contributed by atoms with Crippen molar-refractivity contribution in [3.05, 3.63) is 65.2 Å². The predicted octanol–water partition coefficient (Wildman–Crippen LogP) is 5.46. The van der Waals surface area contributed by atoms with Gasteiger partial charge in [0.1, 0.15) is 5.78 Å². The maximum absolute atomic E-state index is 14.1. The van der Waals surface area contributed by atoms with Crippen LogP contribution in [-0.2, 0) is 11.8 Å². The second-order valence-electron chi connectivity index (χ2n) is 9.24. The minimum atomic E-state index is -0.697. The molecule has 0 N–H and O–H groups in total. The van der Waals surface area contributed by atoms with Crippen molar-refractivity contribution in [1.82, 2.24) is 24.3 Å². The molecule has 1 unspecified atom stereocenters. The van der Waals surface area contributed by atoms with Gasteiger partial charge >= 0.3 is 0 Å². The molecule has 3 aromatic heterocycles. The fourth-order valence-corrected chi connectivity index (χ4v) is 5.69. The number of aryl methyl sites for hydroxylation is 1. The largest absolute Gasteiger partial charge is 0.321 e. The van der Waals surface area contributed by atoms with Gasteiger partial charge in [-0.3, -0.25) is 9.48 Å². The number of aromatic nitrogens is 5. The molecule has 2 aliphatic rings. The van der Waals surface area contributed by atoms with E-state index < -0.39 is 5.95 Å². The van der Waals surface area contributed by atoms with Crippen LogP contribution in [0, 0.1) is 11.9 Å². The van der Waals surface area contributed by atoms with Crippen LogP contribution in [0.25, 0.3) is 22.2 Å². The van der Waals surface area contributed by atoms with E-state index in [0.717, 1.165) is 47.8 Å². The van der Waals surface area contributed by atoms with Crippen LogP contribution in [0.3, 0.4) is 0 Å². The molecule has 4 aromatic rings. The molecule has 33 heavy (non-hydrogen) atoms. The number of imidazole rings is 1. The Morgan fingerprint density at radius 3 is 2.85 bits per heavy atom. The summed E-state index contributed by atoms with van der Waals surface area (Å²) in [5, 5.41) is 5.66. The maximum atomic E-state index is 14.1. The van der Waals surface area contributed by atoms with Crippen molar-refractivity contribution >= 4 is 28.3 Å². The lowest BCUT2D eigenvalue weighted by molar-refractivity contribution is -0.124. The first-order valence-corrected chi connectivity index (χ1v) is 11.7. The molecular formula is C25H23ClFN5O. The average molecular weight is 464 g/mol. The Hall–Kier alpha value is -3.06. The molecule has 1 saturated carbocycles. The number of halogens is 2. The van der Waals surface area contributed by atoms with E-state index in [2.05, 4.69) is 33.3 Å². The third kappa shape index (κ3) is 3.46. The lowest BCUT2D eigenvalue weighted by Crippen LogP contribution is -2.24. The molecule has 4 heterocycles. The van der Waals surface area contributed by atoms with Crippen LogP contribution >= 0.6 is 11.6 Å². The Bertz CT molecular complexity index is 1380. The van der Waals surface area contributed by atoms with Crippen LogP contribution in [0.1, 0.15) is 55.3 Å². The van der Waals surface area contributed by atoms with Crippen molar-refractivity contribution in [2.45, 2.75) is 44.1 Å². The Balaban J connectivity index is 1.16. The number of benzene rings is 1. The van der Waals surface area contributed by atoms with Gasteiger partial charge in [0.25, 0.3) is 0 Å². The molecule has 1 aliphatic carbocycles. The fraction of sp³-hybridized carbons (Fsp3) is 0.360. The van der Waals surface area contributed by atoms with Crippen LogP contribution in [0.2, 0.25) is 5.02 Å². The zero-order valence-corrected chi connectivity index (χ0v) is 19.0. The molecule has 168 valence electrons. The number of hydrogen-bond donors (Lipinski definition) is 0. The molecule has 6 rings (SSSR count). The minimum absolute atomic E-state index is 0.0179. The molecule has 0 bridgehead atoms. The van der Waals surface area contributed by atoms with Crippen LogP contribution in [-0.4, -0.2) is 30.1 Å². The third-order valence-corrected chi connectivity index (χ3v) is 7.52. The number of pyridine rings is 1. The average Bonchev–Trinajstić information content (AvgIpc) is 3.49. The summed E-state index contributed by atoms with van der Waals surface area (Å²) in [5.41, 5.74) is 4.47. The van der Waals surface area contributed by atoms with E-state index in [0.29, 0.717) is 18.0 Å². The summed E-state index contributed by atoms with van der Waals surface area (Å²) in [6.45, 7) is 0. The van der Waals surface area contributed by atoms with E-state index in [1.54, 1.807) is 18.6 Å². The molecule has 6 nitrogen and oxygen atoms in total. The van der Waals surface area contributed by atoms with Gasteiger partial charge in [-0.05, 0) is 49.3 Å². The van der Waals surface area contributed by atoms with Gasteiger partial charge in [-0.1, -0.05) is 23.7 Å². The van der Waals surface area contributed by atoms with Crippen LogP contribution in [0.15, 0.2) is 43.0 Å². The highest BCUT2D eigenvalue weighted by Crippen LogP contribution is 2.43. The number of hydrogen-bond acceptors (Lipinski definition) is 4. The lowest BCUT2D eigenvalue weighted by atomic mass is 9.76. The SMILES string of the molecule is Cn1cc2ccc(C3CCC(C(=O)CC4c5nc(F)c(Cl)cc5-c5cncn54)CC3)cc2n1. The summed E-state index contributed by atoms with van der Waals surface area (Å²) in [6.07, 6.45) is 9.40. The molecule has 8 heteroatoms. The topological polar surface area (TPSA) is 65.6 Å². The first kappa shape index (κ1) is 20.5. The highest BCUT2D eigenvalue weighted by Gasteiger charge is 2.35. The van der Waals surface area contributed by atoms with Gasteiger partial charge < -0.3 is 4.57 Å². The lowest BCUT2D eigenvalue weighted by Gasteiger charge is -2.28. The van der Waals surface area contributed by atoms with Crippen molar-refractivity contribution in [2.24, 2.45) is 13.0 Å². The third-order valence-electron chi connectivity index (χ3n) is 7.25. The standard InChI is InChI=1S/C25H23ClFN5O/c1-31-12-17-7-6-16(8-20(17)30-31)14-2-4-15(5-3-14)23(33)10-21-24-18(9-19(26)25(27)29-24)22-11-28-13-32(21)22/h6-9,11-15,21H,2-5,10H2,1H3. The highest BCUT2D eigenvalue weighted by molar-refractivity contribution is 6.30. The summed E-state index contributed by atoms with van der Waals surface area (Å²) in [7, 11) is 1.93. The highest BCUT2D eigenvalue weighted by atomic mass is 35.5. The molecule has 1 aliphatic heterocycles. The number of nitrogens with zero attached hydrogens (tertiary/aromatic N) is 5. The molecule has 0 radical (unpaired) electrons. The van der Waals surface area contributed by atoms with Crippen LogP contribution in [0.5, 0.6) is 0 Å². The summed E-state index contributed by atoms with van der Waals surface area (Å²) in [4.78, 5) is 21.6. The van der Waals surface area contributed by atoms with Crippen molar-refractivity contribution in [3.8, 4) is 11.3 Å². The Morgan fingerprint density at radius 1 is 1.21 bits per heavy atom. The first-order chi connectivity index (χ1) is 16.0. The molecule has 1 atom stereocenters. The number of ketones is 1. The van der Waals surface area contributed by atoms with E-state index >= 15 is 0 Å². The van der Waals surface area contributed by atoms with E-state index in [9.17, 15) is 9.18 Å². The van der Waals surface area contributed by atoms with Gasteiger partial charge in [0.15, 0.2) is 0 Å². The molecule has 0 spiro atoms. The molecule has 1 aromatic carbocycles. The Kier molecular flexibility index (Phi) is 4.83. The second kappa shape index (κ2) is 7.76. The smallest absolute Gasteiger partial charge is 0.231 e. The zero-order valence-electron chi connectivity index (χ0n) is 18.2. The molecular weight excluding hydrogens is 441 g/mol. The van der Waals surface area contributed by atoms with Gasteiger partial charge in [-0.15, -0.1) is 0 Å². The summed E-state index contributed by atoms with van der Waals surface area (Å²) >= 11 is 5.96. The van der Waals surface area contributed by atoms with Crippen molar-refractivity contribution in [3.63, 3.8) is 0 Å². The quantitative estimate of drug-likeness (QED) is 0.377. The summed E-state index contributed by atoms with van der Waals surface area (Å²) in [6, 6.07) is 7.76. The maximum Gasteiger partial charge on any atom is 0.231 e. The normalized spacial score (nSPS) is 21.8. The minimum Gasteiger partial charge on any atom is -0.321 e. The monoisotopic (exact) mass is 463 g/mol. The van der Waals surface area contributed by atoms with Crippen molar-refractivity contribution in [1.29, 1.82) is 0 Å². The van der Waals surface area contributed by atoms with Crippen LogP contribution in [0.4, 0.5) is 4.39 Å². The van der Waals surface area contributed by atoms with E-state index in [-0.39, 0.29) is 22.8 Å². The number of Topliss-reactive ketones (excluding diaryl/α,β-unsaturated/α-hetero) is 1. The molecule has 0 amide bonds. The Morgan fingerprint density at radius 2 is 2.03 bits per heavy atom. The van der Waals surface area contributed by atoms with Gasteiger partial charge in [-0.25, -0.2) is 9.97 Å². The first-order valence-electron chi connectivity index (χ1n) is 11.3. The molecule has 0 saturated heterocycles. The van der Waals surface area contributed by atoms with Gasteiger partial charge in [0, 0.05) is 36.5 Å². The van der Waals surface area contributed by atoms with Gasteiger partial charge in [0.2, 0.25) is 5.95 Å². The number of carbonyl (C=O) groups is 1. The number of fused-ring (bicyclic) bond motifs is 4. The zero-order chi connectivity index (χ0) is 22.7. The summed E-state index contributed by atoms with van der Waals surface area (Å²) < 4.78 is 17.9. The number of carbonyl (C=O) groups excluding carboxylic acids is 1. The van der Waals surface area contributed by atoms with Crippen molar-refractivity contribution < 1.29 is 9.18 Å². The van der Waals surface area contributed by atoms with Gasteiger partial charge in [-0.2, -0.15) is 9.49 Å². The van der Waals surface area contributed by atoms with E-state index in [1.165, 1.54) is 5.56 Å². The van der Waals surface area contributed by atoms with Gasteiger partial charge in [0.05, 0.1) is 40.5 Å². The fourth-order valence-electron chi connectivity index (χ4n) is 5.54. The second-order valence-corrected chi connectivity index (χ2v) is 9.64. The Labute approximate surface area is 195 Å². The molecule has 1 fully saturated rings. The van der Waals surface area contributed by atoms with E-state index in [4.69, 9.17) is 11.6 Å². The summed E-state index contributed by atoms with van der Waals surface area (Å²) in [5.74, 6) is -0.0148. The van der Waals surface area contributed by atoms with Crippen LogP contribution < -0.4 is 0 Å². The van der Waals surface area contributed by atoms with Crippen molar-refractivity contribution in [2.75, 3.05) is 0 Å².